The lowest BCUT2D eigenvalue weighted by molar-refractivity contribution is 0.321. The molecule has 0 N–H and O–H groups in total. The van der Waals surface area contributed by atoms with Gasteiger partial charge in [-0.3, -0.25) is 0 Å². The highest BCUT2D eigenvalue weighted by Crippen LogP contribution is 2.24. The normalized spacial score (nSPS) is 16.3. The quantitative estimate of drug-likeness (QED) is 0.659. The Balaban J connectivity index is 2.07. The molecule has 0 aromatic carbocycles. The fraction of sp³-hybridized carbons (Fsp3) is 0.417. The van der Waals surface area contributed by atoms with Crippen molar-refractivity contribution in [3.63, 3.8) is 0 Å². The maximum atomic E-state index is 12.1. The summed E-state index contributed by atoms with van der Waals surface area (Å²) < 4.78 is 30.8. The average Bonchev–Trinajstić information content (AvgIpc) is 2.36. The maximum Gasteiger partial charge on any atom is 0.244 e. The minimum atomic E-state index is -3.44. The van der Waals surface area contributed by atoms with Gasteiger partial charge in [-0.25, -0.2) is 13.4 Å². The molecule has 2 rings (SSSR count). The van der Waals surface area contributed by atoms with Crippen molar-refractivity contribution in [2.24, 2.45) is 0 Å². The van der Waals surface area contributed by atoms with Crippen LogP contribution in [0.25, 0.3) is 0 Å². The van der Waals surface area contributed by atoms with Gasteiger partial charge in [-0.2, -0.15) is 16.9 Å². The first-order valence-corrected chi connectivity index (χ1v) is 7.66. The van der Waals surface area contributed by atoms with Crippen LogP contribution < -0.4 is 4.74 Å². The second-order valence-corrected chi connectivity index (χ2v) is 6.69. The molecule has 5 nitrogen and oxygen atoms in total. The predicted octanol–water partition coefficient (Wildman–Crippen LogP) is 0.786. The van der Waals surface area contributed by atoms with Gasteiger partial charge in [0.05, 0.1) is 6.20 Å². The van der Waals surface area contributed by atoms with Gasteiger partial charge in [0.25, 0.3) is 0 Å². The average molecular weight is 298 g/mol. The van der Waals surface area contributed by atoms with Gasteiger partial charge in [0, 0.05) is 24.4 Å². The van der Waals surface area contributed by atoms with Crippen molar-refractivity contribution in [2.45, 2.75) is 17.1 Å². The van der Waals surface area contributed by atoms with Crippen LogP contribution in [0.3, 0.4) is 0 Å². The number of pyridine rings is 1. The van der Waals surface area contributed by atoms with Crippen LogP contribution in [-0.2, 0) is 10.0 Å². The minimum Gasteiger partial charge on any atom is -0.464 e. The molecule has 0 atom stereocenters. The fourth-order valence-corrected chi connectivity index (χ4v) is 3.64. The Kier molecular flexibility index (Phi) is 4.34. The third-order valence-corrected chi connectivity index (χ3v) is 4.79. The van der Waals surface area contributed by atoms with Crippen molar-refractivity contribution >= 4 is 22.7 Å². The number of rotatable bonds is 4. The van der Waals surface area contributed by atoms with Crippen LogP contribution in [0, 0.1) is 11.8 Å². The zero-order valence-corrected chi connectivity index (χ0v) is 12.1. The van der Waals surface area contributed by atoms with Crippen molar-refractivity contribution in [3.05, 3.63) is 18.3 Å². The summed E-state index contributed by atoms with van der Waals surface area (Å²) in [7, 11) is -3.44. The molecule has 0 saturated carbocycles. The smallest absolute Gasteiger partial charge is 0.244 e. The fourth-order valence-electron chi connectivity index (χ4n) is 1.55. The van der Waals surface area contributed by atoms with Crippen LogP contribution in [0.1, 0.15) is 6.92 Å². The second kappa shape index (κ2) is 5.82. The van der Waals surface area contributed by atoms with Crippen molar-refractivity contribution < 1.29 is 13.2 Å². The van der Waals surface area contributed by atoms with Gasteiger partial charge < -0.3 is 4.74 Å². The molecule has 2 heterocycles. The summed E-state index contributed by atoms with van der Waals surface area (Å²) in [5.41, 5.74) is 0. The third kappa shape index (κ3) is 3.21. The van der Waals surface area contributed by atoms with E-state index in [1.54, 1.807) is 6.92 Å². The van der Waals surface area contributed by atoms with Gasteiger partial charge in [-0.1, -0.05) is 5.92 Å². The zero-order valence-electron chi connectivity index (χ0n) is 10.4. The van der Waals surface area contributed by atoms with E-state index in [4.69, 9.17) is 4.74 Å². The molecule has 0 unspecified atom stereocenters. The van der Waals surface area contributed by atoms with Crippen molar-refractivity contribution in [1.82, 2.24) is 9.29 Å². The van der Waals surface area contributed by atoms with Gasteiger partial charge in [0.1, 0.15) is 4.90 Å². The van der Waals surface area contributed by atoms with E-state index in [9.17, 15) is 8.42 Å². The minimum absolute atomic E-state index is 0.123. The van der Waals surface area contributed by atoms with E-state index in [0.717, 1.165) is 0 Å². The molecule has 1 aromatic heterocycles. The topological polar surface area (TPSA) is 59.5 Å². The number of hydrogen-bond donors (Lipinski definition) is 1. The number of ether oxygens (including phenoxy) is 1. The lowest BCUT2D eigenvalue weighted by Crippen LogP contribution is -2.50. The molecule has 1 aliphatic rings. The van der Waals surface area contributed by atoms with Gasteiger partial charge in [-0.05, 0) is 13.0 Å². The van der Waals surface area contributed by atoms with E-state index in [1.165, 1.54) is 22.6 Å². The number of sulfonamides is 1. The lowest BCUT2D eigenvalue weighted by atomic mass is 10.3. The SMILES string of the molecule is CC#CCOc1ccc(S(=O)(=O)N2CC(S)C2)cn1. The van der Waals surface area contributed by atoms with E-state index in [-0.39, 0.29) is 16.8 Å². The Labute approximate surface area is 118 Å². The lowest BCUT2D eigenvalue weighted by Gasteiger charge is -2.34. The van der Waals surface area contributed by atoms with Gasteiger partial charge in [0.15, 0.2) is 6.61 Å². The Hall–Kier alpha value is -1.23. The summed E-state index contributed by atoms with van der Waals surface area (Å²) in [6.07, 6.45) is 1.30. The number of thiol groups is 1. The molecule has 0 amide bonds. The van der Waals surface area contributed by atoms with Crippen LogP contribution in [0.2, 0.25) is 0 Å². The molecular weight excluding hydrogens is 284 g/mol. The van der Waals surface area contributed by atoms with Crippen molar-refractivity contribution in [2.75, 3.05) is 19.7 Å². The van der Waals surface area contributed by atoms with Crippen LogP contribution in [0.4, 0.5) is 0 Å². The molecule has 0 spiro atoms. The standard InChI is InChI=1S/C12H14N2O3S2/c1-2-3-6-17-12-5-4-11(7-13-12)19(15,16)14-8-10(18)9-14/h4-5,7,10,18H,6,8-9H2,1H3. The van der Waals surface area contributed by atoms with Crippen LogP contribution in [-0.4, -0.2) is 42.7 Å². The van der Waals surface area contributed by atoms with Crippen molar-refractivity contribution in [1.29, 1.82) is 0 Å². The molecule has 1 fully saturated rings. The molecule has 0 aliphatic carbocycles. The molecule has 102 valence electrons. The van der Waals surface area contributed by atoms with Crippen molar-refractivity contribution in [3.8, 4) is 17.7 Å². The summed E-state index contributed by atoms with van der Waals surface area (Å²) in [6, 6.07) is 3.02. The molecule has 0 radical (unpaired) electrons. The maximum absolute atomic E-state index is 12.1. The number of nitrogens with zero attached hydrogens (tertiary/aromatic N) is 2. The molecule has 1 aliphatic heterocycles. The van der Waals surface area contributed by atoms with E-state index in [2.05, 4.69) is 29.5 Å². The van der Waals surface area contributed by atoms with Gasteiger partial charge in [-0.15, -0.1) is 5.92 Å². The first-order valence-electron chi connectivity index (χ1n) is 5.70. The first-order chi connectivity index (χ1) is 9.04. The summed E-state index contributed by atoms with van der Waals surface area (Å²) in [4.78, 5) is 4.13. The molecule has 1 saturated heterocycles. The first kappa shape index (κ1) is 14.2. The van der Waals surface area contributed by atoms with Crippen LogP contribution >= 0.6 is 12.6 Å². The summed E-state index contributed by atoms with van der Waals surface area (Å²) in [5.74, 6) is 5.79. The van der Waals surface area contributed by atoms with E-state index in [0.29, 0.717) is 19.0 Å². The Bertz CT molecular complexity index is 596. The Morgan fingerprint density at radius 2 is 2.26 bits per heavy atom. The summed E-state index contributed by atoms with van der Waals surface area (Å²) in [5, 5.41) is 0.123. The van der Waals surface area contributed by atoms with E-state index in [1.807, 2.05) is 0 Å². The highest BCUT2D eigenvalue weighted by atomic mass is 32.2. The predicted molar refractivity (Wildman–Crippen MR) is 74.7 cm³/mol. The number of aromatic nitrogens is 1. The van der Waals surface area contributed by atoms with Gasteiger partial charge in [0.2, 0.25) is 15.9 Å². The Morgan fingerprint density at radius 1 is 1.53 bits per heavy atom. The molecule has 1 aromatic rings. The zero-order chi connectivity index (χ0) is 13.9. The monoisotopic (exact) mass is 298 g/mol. The molecule has 19 heavy (non-hydrogen) atoms. The Morgan fingerprint density at radius 3 is 2.79 bits per heavy atom. The highest BCUT2D eigenvalue weighted by Gasteiger charge is 2.34. The molecular formula is C12H14N2O3S2. The second-order valence-electron chi connectivity index (χ2n) is 4.02. The summed E-state index contributed by atoms with van der Waals surface area (Å²) in [6.45, 7) is 2.84. The van der Waals surface area contributed by atoms with Crippen LogP contribution in [0.15, 0.2) is 23.2 Å². The third-order valence-electron chi connectivity index (χ3n) is 2.64. The largest absolute Gasteiger partial charge is 0.464 e. The van der Waals surface area contributed by atoms with Gasteiger partial charge >= 0.3 is 0 Å². The van der Waals surface area contributed by atoms with E-state index >= 15 is 0 Å². The van der Waals surface area contributed by atoms with E-state index < -0.39 is 10.0 Å². The van der Waals surface area contributed by atoms with Crippen LogP contribution in [0.5, 0.6) is 5.88 Å². The summed E-state index contributed by atoms with van der Waals surface area (Å²) >= 11 is 4.20. The number of hydrogen-bond acceptors (Lipinski definition) is 5. The molecule has 7 heteroatoms. The molecule has 0 bridgehead atoms. The highest BCUT2D eigenvalue weighted by molar-refractivity contribution is 7.89.